The van der Waals surface area contributed by atoms with Crippen LogP contribution < -0.4 is 5.32 Å². The number of unbranched alkanes of at least 4 members (excludes halogenated alkanes) is 1. The van der Waals surface area contributed by atoms with E-state index in [1.54, 1.807) is 0 Å². The van der Waals surface area contributed by atoms with E-state index in [1.807, 2.05) is 17.5 Å². The van der Waals surface area contributed by atoms with E-state index in [9.17, 15) is 0 Å². The average molecular weight is 226 g/mol. The molecule has 0 radical (unpaired) electrons. The number of aryl methyl sites for hydroxylation is 1. The molecule has 1 rings (SSSR count). The second-order valence-corrected chi connectivity index (χ2v) is 5.20. The minimum absolute atomic E-state index is 0.610. The summed E-state index contributed by atoms with van der Waals surface area (Å²) in [5, 5.41) is 4.74. The van der Waals surface area contributed by atoms with E-state index in [2.05, 4.69) is 31.1 Å². The number of thiazole rings is 1. The Morgan fingerprint density at radius 3 is 2.87 bits per heavy atom. The van der Waals surface area contributed by atoms with Crippen LogP contribution in [-0.4, -0.2) is 11.0 Å². The lowest BCUT2D eigenvalue weighted by atomic mass is 10.1. The van der Waals surface area contributed by atoms with Crippen molar-refractivity contribution in [3.63, 3.8) is 0 Å². The van der Waals surface area contributed by atoms with E-state index < -0.39 is 0 Å². The number of nitrogens with zero attached hydrogens (tertiary/aromatic N) is 1. The van der Waals surface area contributed by atoms with Crippen LogP contribution >= 0.6 is 11.3 Å². The van der Waals surface area contributed by atoms with Crippen LogP contribution in [0.15, 0.2) is 6.20 Å². The van der Waals surface area contributed by atoms with Gasteiger partial charge < -0.3 is 5.32 Å². The molecular weight excluding hydrogens is 204 g/mol. The Hall–Kier alpha value is -0.410. The molecule has 0 saturated carbocycles. The Balaban J connectivity index is 2.24. The first-order chi connectivity index (χ1) is 7.26. The van der Waals surface area contributed by atoms with E-state index in [-0.39, 0.29) is 0 Å². The Morgan fingerprint density at radius 1 is 1.47 bits per heavy atom. The molecule has 0 aromatic carbocycles. The van der Waals surface area contributed by atoms with Crippen LogP contribution in [0.5, 0.6) is 0 Å². The summed E-state index contributed by atoms with van der Waals surface area (Å²) < 4.78 is 0. The number of nitrogens with one attached hydrogen (secondary N) is 1. The fourth-order valence-electron chi connectivity index (χ4n) is 1.47. The van der Waals surface area contributed by atoms with Gasteiger partial charge in [0.1, 0.15) is 5.01 Å². The number of hydrogen-bond acceptors (Lipinski definition) is 3. The lowest BCUT2D eigenvalue weighted by molar-refractivity contribution is 0.494. The molecule has 0 spiro atoms. The van der Waals surface area contributed by atoms with Gasteiger partial charge >= 0.3 is 0 Å². The molecule has 0 aliphatic carbocycles. The topological polar surface area (TPSA) is 24.9 Å². The van der Waals surface area contributed by atoms with Crippen LogP contribution in [0, 0.1) is 0 Å². The third-order valence-corrected chi connectivity index (χ3v) is 3.68. The zero-order valence-electron chi connectivity index (χ0n) is 10.0. The van der Waals surface area contributed by atoms with Gasteiger partial charge in [0, 0.05) is 23.7 Å². The van der Waals surface area contributed by atoms with Crippen molar-refractivity contribution in [1.82, 2.24) is 10.3 Å². The number of rotatable bonds is 7. The van der Waals surface area contributed by atoms with Gasteiger partial charge in [0.05, 0.1) is 0 Å². The third kappa shape index (κ3) is 4.76. The van der Waals surface area contributed by atoms with E-state index in [1.165, 1.54) is 29.1 Å². The summed E-state index contributed by atoms with van der Waals surface area (Å²) in [5.74, 6) is 0. The molecule has 1 unspecified atom stereocenters. The molecule has 15 heavy (non-hydrogen) atoms. The minimum atomic E-state index is 0.610. The van der Waals surface area contributed by atoms with Crippen molar-refractivity contribution in [3.05, 3.63) is 16.1 Å². The maximum absolute atomic E-state index is 4.40. The largest absolute Gasteiger partial charge is 0.308 e. The summed E-state index contributed by atoms with van der Waals surface area (Å²) >= 11 is 1.83. The fourth-order valence-corrected chi connectivity index (χ4v) is 2.28. The summed E-state index contributed by atoms with van der Waals surface area (Å²) in [5.41, 5.74) is 0. The van der Waals surface area contributed by atoms with Gasteiger partial charge in [-0.15, -0.1) is 11.3 Å². The molecule has 0 bridgehead atoms. The predicted molar refractivity (Wildman–Crippen MR) is 67.3 cm³/mol. The van der Waals surface area contributed by atoms with E-state index >= 15 is 0 Å². The van der Waals surface area contributed by atoms with Gasteiger partial charge in [-0.05, 0) is 19.8 Å². The smallest absolute Gasteiger partial charge is 0.107 e. The first kappa shape index (κ1) is 12.7. The summed E-state index contributed by atoms with van der Waals surface area (Å²) in [7, 11) is 0. The molecular formula is C12H22N2S. The minimum Gasteiger partial charge on any atom is -0.308 e. The maximum Gasteiger partial charge on any atom is 0.107 e. The highest BCUT2D eigenvalue weighted by molar-refractivity contribution is 7.11. The van der Waals surface area contributed by atoms with Crippen molar-refractivity contribution in [2.45, 2.75) is 59.0 Å². The normalized spacial score (nSPS) is 13.0. The first-order valence-electron chi connectivity index (χ1n) is 5.93. The second-order valence-electron chi connectivity index (χ2n) is 4.00. The predicted octanol–water partition coefficient (Wildman–Crippen LogP) is 3.37. The highest BCUT2D eigenvalue weighted by Gasteiger charge is 2.03. The zero-order valence-corrected chi connectivity index (χ0v) is 10.9. The van der Waals surface area contributed by atoms with E-state index in [0.717, 1.165) is 13.0 Å². The van der Waals surface area contributed by atoms with Gasteiger partial charge in [-0.25, -0.2) is 4.98 Å². The van der Waals surface area contributed by atoms with Gasteiger partial charge in [0.2, 0.25) is 0 Å². The summed E-state index contributed by atoms with van der Waals surface area (Å²) in [4.78, 5) is 5.78. The molecule has 0 aliphatic heterocycles. The van der Waals surface area contributed by atoms with Crippen molar-refractivity contribution in [2.75, 3.05) is 0 Å². The zero-order chi connectivity index (χ0) is 11.1. The molecule has 1 atom stereocenters. The molecule has 1 N–H and O–H groups in total. The Kier molecular flexibility index (Phi) is 5.88. The van der Waals surface area contributed by atoms with Crippen LogP contribution in [0.25, 0.3) is 0 Å². The molecule has 0 amide bonds. The van der Waals surface area contributed by atoms with Crippen LogP contribution in [0.4, 0.5) is 0 Å². The molecule has 1 aromatic rings. The average Bonchev–Trinajstić information content (AvgIpc) is 2.71. The van der Waals surface area contributed by atoms with Crippen molar-refractivity contribution in [3.8, 4) is 0 Å². The lowest BCUT2D eigenvalue weighted by Crippen LogP contribution is -2.25. The summed E-state index contributed by atoms with van der Waals surface area (Å²) in [6.07, 6.45) is 6.96. The second kappa shape index (κ2) is 6.96. The Labute approximate surface area is 97.1 Å². The van der Waals surface area contributed by atoms with Crippen molar-refractivity contribution >= 4 is 11.3 Å². The van der Waals surface area contributed by atoms with Gasteiger partial charge in [-0.3, -0.25) is 0 Å². The Morgan fingerprint density at radius 2 is 2.27 bits per heavy atom. The van der Waals surface area contributed by atoms with Crippen LogP contribution in [0.1, 0.15) is 49.9 Å². The molecule has 3 heteroatoms. The van der Waals surface area contributed by atoms with E-state index in [0.29, 0.717) is 6.04 Å². The van der Waals surface area contributed by atoms with Crippen LogP contribution in [0.2, 0.25) is 0 Å². The monoisotopic (exact) mass is 226 g/mol. The van der Waals surface area contributed by atoms with Crippen molar-refractivity contribution in [2.24, 2.45) is 0 Å². The van der Waals surface area contributed by atoms with Gasteiger partial charge in [-0.1, -0.05) is 26.7 Å². The molecule has 0 saturated heterocycles. The highest BCUT2D eigenvalue weighted by atomic mass is 32.1. The molecule has 2 nitrogen and oxygen atoms in total. The highest BCUT2D eigenvalue weighted by Crippen LogP contribution is 2.13. The molecule has 1 heterocycles. The van der Waals surface area contributed by atoms with Gasteiger partial charge in [-0.2, -0.15) is 0 Å². The Bertz CT molecular complexity index is 270. The van der Waals surface area contributed by atoms with Crippen molar-refractivity contribution in [1.29, 1.82) is 0 Å². The SMILES string of the molecule is CCCCC(C)NCc1ncc(CC)s1. The first-order valence-corrected chi connectivity index (χ1v) is 6.74. The van der Waals surface area contributed by atoms with Crippen LogP contribution in [-0.2, 0) is 13.0 Å². The quantitative estimate of drug-likeness (QED) is 0.771. The summed E-state index contributed by atoms with van der Waals surface area (Å²) in [6, 6.07) is 0.610. The van der Waals surface area contributed by atoms with E-state index in [4.69, 9.17) is 0 Å². The van der Waals surface area contributed by atoms with Gasteiger partial charge in [0.15, 0.2) is 0 Å². The van der Waals surface area contributed by atoms with Gasteiger partial charge in [0.25, 0.3) is 0 Å². The third-order valence-electron chi connectivity index (χ3n) is 2.54. The molecule has 0 fully saturated rings. The number of aromatic nitrogens is 1. The molecule has 86 valence electrons. The summed E-state index contributed by atoms with van der Waals surface area (Å²) in [6.45, 7) is 7.59. The fraction of sp³-hybridized carbons (Fsp3) is 0.750. The molecule has 0 aliphatic rings. The maximum atomic E-state index is 4.40. The van der Waals surface area contributed by atoms with Crippen LogP contribution in [0.3, 0.4) is 0 Å². The van der Waals surface area contributed by atoms with Crippen molar-refractivity contribution < 1.29 is 0 Å². The molecule has 1 aromatic heterocycles. The standard InChI is InChI=1S/C12H22N2S/c1-4-6-7-10(3)13-9-12-14-8-11(5-2)15-12/h8,10,13H,4-7,9H2,1-3H3. The number of hydrogen-bond donors (Lipinski definition) is 1. The lowest BCUT2D eigenvalue weighted by Gasteiger charge is -2.11.